The molecule has 3 rings (SSSR count). The van der Waals surface area contributed by atoms with Gasteiger partial charge in [0.05, 0.1) is 24.8 Å². The van der Waals surface area contributed by atoms with E-state index in [1.54, 1.807) is 18.9 Å². The summed E-state index contributed by atoms with van der Waals surface area (Å²) in [5.41, 5.74) is 1.85. The standard InChI is InChI=1S/C23H31N3O4S/c1-5-7-13-31-23-25-20-19(21(27)26-23)18(15-8-10-16(29-4)11-9-15)17(14(3)24-20)22(28)30-12-6-2/h6,8-11,18-20,23-25H,2,5,7,12-13H2,1,3-4H3,(H,26,27). The third-order valence-electron chi connectivity index (χ3n) is 5.52. The van der Waals surface area contributed by atoms with Gasteiger partial charge in [-0.2, -0.15) is 0 Å². The van der Waals surface area contributed by atoms with Crippen molar-refractivity contribution in [2.75, 3.05) is 19.5 Å². The van der Waals surface area contributed by atoms with Crippen LogP contribution in [0.2, 0.25) is 0 Å². The Morgan fingerprint density at radius 2 is 2.00 bits per heavy atom. The molecule has 1 aromatic carbocycles. The maximum atomic E-state index is 13.2. The average Bonchev–Trinajstić information content (AvgIpc) is 2.76. The molecule has 0 bridgehead atoms. The molecule has 8 heteroatoms. The molecule has 2 aliphatic rings. The van der Waals surface area contributed by atoms with Gasteiger partial charge in [0, 0.05) is 11.6 Å². The molecule has 4 atom stereocenters. The van der Waals surface area contributed by atoms with Crippen LogP contribution in [0.1, 0.15) is 38.2 Å². The van der Waals surface area contributed by atoms with Gasteiger partial charge < -0.3 is 20.1 Å². The topological polar surface area (TPSA) is 88.7 Å². The van der Waals surface area contributed by atoms with Gasteiger partial charge in [-0.25, -0.2) is 4.79 Å². The Bertz CT molecular complexity index is 840. The van der Waals surface area contributed by atoms with Crippen LogP contribution in [0.3, 0.4) is 0 Å². The van der Waals surface area contributed by atoms with Crippen molar-refractivity contribution < 1.29 is 19.1 Å². The lowest BCUT2D eigenvalue weighted by Gasteiger charge is -2.45. The highest BCUT2D eigenvalue weighted by molar-refractivity contribution is 7.99. The largest absolute Gasteiger partial charge is 0.497 e. The fourth-order valence-corrected chi connectivity index (χ4v) is 5.13. The quantitative estimate of drug-likeness (QED) is 0.306. The third kappa shape index (κ3) is 5.25. The van der Waals surface area contributed by atoms with Crippen molar-refractivity contribution in [2.24, 2.45) is 5.92 Å². The predicted molar refractivity (Wildman–Crippen MR) is 122 cm³/mol. The van der Waals surface area contributed by atoms with E-state index in [4.69, 9.17) is 9.47 Å². The van der Waals surface area contributed by atoms with Gasteiger partial charge in [-0.3, -0.25) is 10.1 Å². The molecule has 31 heavy (non-hydrogen) atoms. The number of carbonyl (C=O) groups is 2. The second kappa shape index (κ2) is 10.7. The van der Waals surface area contributed by atoms with Gasteiger partial charge >= 0.3 is 5.97 Å². The van der Waals surface area contributed by atoms with E-state index in [1.165, 1.54) is 6.08 Å². The summed E-state index contributed by atoms with van der Waals surface area (Å²) in [6, 6.07) is 7.47. The monoisotopic (exact) mass is 445 g/mol. The molecule has 0 aliphatic carbocycles. The maximum Gasteiger partial charge on any atom is 0.336 e. The molecule has 3 N–H and O–H groups in total. The Hall–Kier alpha value is -2.45. The highest BCUT2D eigenvalue weighted by atomic mass is 32.2. The van der Waals surface area contributed by atoms with E-state index in [1.807, 2.05) is 31.2 Å². The molecule has 2 aliphatic heterocycles. The summed E-state index contributed by atoms with van der Waals surface area (Å²) < 4.78 is 10.6. The molecule has 0 spiro atoms. The maximum absolute atomic E-state index is 13.2. The average molecular weight is 446 g/mol. The van der Waals surface area contributed by atoms with Gasteiger partial charge in [0.2, 0.25) is 5.91 Å². The molecule has 168 valence electrons. The Morgan fingerprint density at radius 3 is 2.65 bits per heavy atom. The Kier molecular flexibility index (Phi) is 8.03. The Labute approximate surface area is 188 Å². The van der Waals surface area contributed by atoms with Crippen LogP contribution < -0.4 is 20.7 Å². The number of hydrogen-bond acceptors (Lipinski definition) is 7. The van der Waals surface area contributed by atoms with Gasteiger partial charge in [0.15, 0.2) is 0 Å². The van der Waals surface area contributed by atoms with Crippen LogP contribution in [0.25, 0.3) is 0 Å². The number of allylic oxidation sites excluding steroid dienone is 1. The van der Waals surface area contributed by atoms with E-state index in [0.717, 1.165) is 24.2 Å². The number of hydrogen-bond donors (Lipinski definition) is 3. The van der Waals surface area contributed by atoms with Crippen molar-refractivity contribution in [3.63, 3.8) is 0 Å². The minimum Gasteiger partial charge on any atom is -0.497 e. The molecular weight excluding hydrogens is 414 g/mol. The number of ether oxygens (including phenoxy) is 2. The van der Waals surface area contributed by atoms with Crippen molar-refractivity contribution in [2.45, 2.75) is 44.3 Å². The summed E-state index contributed by atoms with van der Waals surface area (Å²) in [5, 5.41) is 9.91. The van der Waals surface area contributed by atoms with E-state index >= 15 is 0 Å². The lowest BCUT2D eigenvalue weighted by atomic mass is 9.74. The second-order valence-electron chi connectivity index (χ2n) is 7.60. The van der Waals surface area contributed by atoms with Gasteiger partial charge in [0.1, 0.15) is 17.9 Å². The van der Waals surface area contributed by atoms with Crippen molar-refractivity contribution in [3.05, 3.63) is 53.8 Å². The van der Waals surface area contributed by atoms with Gasteiger partial charge in [-0.15, -0.1) is 11.8 Å². The van der Waals surface area contributed by atoms with Crippen LogP contribution in [0, 0.1) is 5.92 Å². The zero-order valence-corrected chi connectivity index (χ0v) is 19.1. The highest BCUT2D eigenvalue weighted by Crippen LogP contribution is 2.41. The summed E-state index contributed by atoms with van der Waals surface area (Å²) in [4.78, 5) is 26.2. The number of fused-ring (bicyclic) bond motifs is 1. The summed E-state index contributed by atoms with van der Waals surface area (Å²) >= 11 is 1.68. The van der Waals surface area contributed by atoms with Gasteiger partial charge in [0.25, 0.3) is 0 Å². The minimum absolute atomic E-state index is 0.0902. The van der Waals surface area contributed by atoms with Crippen molar-refractivity contribution in [1.82, 2.24) is 16.0 Å². The summed E-state index contributed by atoms with van der Waals surface area (Å²) in [6.45, 7) is 7.72. The Balaban J connectivity index is 1.95. The molecule has 1 aromatic rings. The Morgan fingerprint density at radius 1 is 1.26 bits per heavy atom. The SMILES string of the molecule is C=CCOC(=O)C1=C(C)NC2NC(SCCCC)NC(=O)C2C1c1ccc(OC)cc1. The van der Waals surface area contributed by atoms with Crippen LogP contribution in [0.4, 0.5) is 0 Å². The number of benzene rings is 1. The minimum atomic E-state index is -0.508. The smallest absolute Gasteiger partial charge is 0.336 e. The molecule has 0 radical (unpaired) electrons. The molecule has 2 heterocycles. The number of amides is 1. The number of methoxy groups -OCH3 is 1. The number of esters is 1. The van der Waals surface area contributed by atoms with Crippen molar-refractivity contribution in [1.29, 1.82) is 0 Å². The molecule has 1 fully saturated rings. The predicted octanol–water partition coefficient (Wildman–Crippen LogP) is 2.86. The van der Waals surface area contributed by atoms with E-state index in [9.17, 15) is 9.59 Å². The summed E-state index contributed by atoms with van der Waals surface area (Å²) in [7, 11) is 1.60. The number of nitrogens with one attached hydrogen (secondary N) is 3. The van der Waals surface area contributed by atoms with Crippen LogP contribution in [-0.2, 0) is 14.3 Å². The molecule has 4 unspecified atom stereocenters. The first-order valence-electron chi connectivity index (χ1n) is 10.6. The molecule has 0 saturated carbocycles. The van der Waals surface area contributed by atoms with Crippen molar-refractivity contribution in [3.8, 4) is 5.75 Å². The van der Waals surface area contributed by atoms with Crippen LogP contribution >= 0.6 is 11.8 Å². The number of carbonyl (C=O) groups excluding carboxylic acids is 2. The van der Waals surface area contributed by atoms with E-state index < -0.39 is 17.8 Å². The highest BCUT2D eigenvalue weighted by Gasteiger charge is 2.48. The molecular formula is C23H31N3O4S. The molecule has 1 saturated heterocycles. The molecule has 0 aromatic heterocycles. The summed E-state index contributed by atoms with van der Waals surface area (Å²) in [5.74, 6) is 0.171. The first kappa shape index (κ1) is 23.2. The molecule has 1 amide bonds. The van der Waals surface area contributed by atoms with E-state index in [2.05, 4.69) is 29.5 Å². The zero-order valence-electron chi connectivity index (χ0n) is 18.3. The number of rotatable bonds is 9. The first-order chi connectivity index (χ1) is 15.0. The van der Waals surface area contributed by atoms with Crippen molar-refractivity contribution >= 4 is 23.6 Å². The van der Waals surface area contributed by atoms with Gasteiger partial charge in [-0.1, -0.05) is 38.1 Å². The lowest BCUT2D eigenvalue weighted by molar-refractivity contribution is -0.139. The number of thioether (sulfide) groups is 1. The lowest BCUT2D eigenvalue weighted by Crippen LogP contribution is -2.67. The van der Waals surface area contributed by atoms with E-state index in [-0.39, 0.29) is 24.2 Å². The van der Waals surface area contributed by atoms with E-state index in [0.29, 0.717) is 17.0 Å². The summed E-state index contributed by atoms with van der Waals surface area (Å²) in [6.07, 6.45) is 3.43. The van der Waals surface area contributed by atoms with Crippen LogP contribution in [-0.4, -0.2) is 43.0 Å². The van der Waals surface area contributed by atoms with Crippen LogP contribution in [0.5, 0.6) is 5.75 Å². The molecule has 7 nitrogen and oxygen atoms in total. The fourth-order valence-electron chi connectivity index (χ4n) is 4.00. The normalized spacial score (nSPS) is 25.2. The zero-order chi connectivity index (χ0) is 22.4. The van der Waals surface area contributed by atoms with Gasteiger partial charge in [-0.05, 0) is 36.8 Å². The third-order valence-corrected chi connectivity index (χ3v) is 6.63. The number of unbranched alkanes of at least 4 members (excludes halogenated alkanes) is 1. The first-order valence-corrected chi connectivity index (χ1v) is 11.6. The van der Waals surface area contributed by atoms with Crippen LogP contribution in [0.15, 0.2) is 48.2 Å². The fraction of sp³-hybridized carbons (Fsp3) is 0.478. The second-order valence-corrected chi connectivity index (χ2v) is 8.82.